The number of halogens is 2. The molecule has 0 aliphatic carbocycles. The highest BCUT2D eigenvalue weighted by molar-refractivity contribution is 6.33. The van der Waals surface area contributed by atoms with Crippen LogP contribution in [0, 0.1) is 5.82 Å². The van der Waals surface area contributed by atoms with E-state index in [9.17, 15) is 9.18 Å². The Labute approximate surface area is 139 Å². The lowest BCUT2D eigenvalue weighted by Crippen LogP contribution is -2.28. The van der Waals surface area contributed by atoms with E-state index in [2.05, 4.69) is 5.32 Å². The van der Waals surface area contributed by atoms with Gasteiger partial charge in [-0.15, -0.1) is 0 Å². The summed E-state index contributed by atoms with van der Waals surface area (Å²) in [7, 11) is 3.08. The maximum Gasteiger partial charge on any atom is 0.256 e. The van der Waals surface area contributed by atoms with Crippen molar-refractivity contribution in [2.24, 2.45) is 0 Å². The van der Waals surface area contributed by atoms with Gasteiger partial charge in [0.05, 0.1) is 30.8 Å². The van der Waals surface area contributed by atoms with Crippen LogP contribution in [-0.2, 0) is 0 Å². The minimum Gasteiger partial charge on any atom is -0.497 e. The van der Waals surface area contributed by atoms with Crippen molar-refractivity contribution in [3.05, 3.63) is 58.4 Å². The van der Waals surface area contributed by atoms with Gasteiger partial charge in [0, 0.05) is 5.56 Å². The molecule has 2 rings (SSSR count). The first-order valence-electron chi connectivity index (χ1n) is 6.94. The van der Waals surface area contributed by atoms with Gasteiger partial charge in [-0.25, -0.2) is 4.39 Å². The molecule has 1 amide bonds. The lowest BCUT2D eigenvalue weighted by molar-refractivity contribution is 0.0935. The van der Waals surface area contributed by atoms with Gasteiger partial charge < -0.3 is 14.8 Å². The van der Waals surface area contributed by atoms with E-state index in [1.54, 1.807) is 32.2 Å². The largest absolute Gasteiger partial charge is 0.497 e. The quantitative estimate of drug-likeness (QED) is 0.897. The van der Waals surface area contributed by atoms with Crippen LogP contribution in [-0.4, -0.2) is 20.1 Å². The Kier molecular flexibility index (Phi) is 5.45. The van der Waals surface area contributed by atoms with E-state index in [-0.39, 0.29) is 10.6 Å². The van der Waals surface area contributed by atoms with Crippen LogP contribution in [0.15, 0.2) is 36.4 Å². The Hall–Kier alpha value is -2.27. The maximum absolute atomic E-state index is 13.8. The van der Waals surface area contributed by atoms with Crippen molar-refractivity contribution in [2.45, 2.75) is 13.0 Å². The van der Waals surface area contributed by atoms with Crippen LogP contribution in [0.2, 0.25) is 5.02 Å². The molecular weight excluding hydrogens is 321 g/mol. The summed E-state index contributed by atoms with van der Waals surface area (Å²) in [5, 5.41) is 2.78. The number of hydrogen-bond donors (Lipinski definition) is 1. The van der Waals surface area contributed by atoms with Crippen molar-refractivity contribution >= 4 is 17.5 Å². The second kappa shape index (κ2) is 7.33. The number of rotatable bonds is 5. The molecule has 0 aliphatic heterocycles. The van der Waals surface area contributed by atoms with Crippen LogP contribution in [0.4, 0.5) is 4.39 Å². The standard InChI is InChI=1S/C17H17ClFNO3/c1-10(12-9-11(22-2)7-8-15(12)23-3)20-17(21)16-13(18)5-4-6-14(16)19/h4-10H,1-3H3,(H,20,21)/t10-/m0/s1. The molecule has 6 heteroatoms. The smallest absolute Gasteiger partial charge is 0.256 e. The average molecular weight is 338 g/mol. The number of carbonyl (C=O) groups is 1. The van der Waals surface area contributed by atoms with Crippen molar-refractivity contribution in [2.75, 3.05) is 14.2 Å². The molecule has 122 valence electrons. The summed E-state index contributed by atoms with van der Waals surface area (Å²) in [5.74, 6) is -0.0330. The minimum atomic E-state index is -0.667. The number of ether oxygens (including phenoxy) is 2. The molecule has 0 bridgehead atoms. The molecular formula is C17H17ClFNO3. The first-order chi connectivity index (χ1) is 11.0. The summed E-state index contributed by atoms with van der Waals surface area (Å²) < 4.78 is 24.3. The van der Waals surface area contributed by atoms with E-state index >= 15 is 0 Å². The average Bonchev–Trinajstić information content (AvgIpc) is 2.53. The second-order valence-electron chi connectivity index (χ2n) is 4.90. The lowest BCUT2D eigenvalue weighted by Gasteiger charge is -2.18. The van der Waals surface area contributed by atoms with E-state index in [1.807, 2.05) is 0 Å². The summed E-state index contributed by atoms with van der Waals surface area (Å²) >= 11 is 5.91. The SMILES string of the molecule is COc1ccc(OC)c([C@H](C)NC(=O)c2c(F)cccc2Cl)c1. The van der Waals surface area contributed by atoms with Crippen molar-refractivity contribution in [3.8, 4) is 11.5 Å². The summed E-state index contributed by atoms with van der Waals surface area (Å²) in [6.07, 6.45) is 0. The Bertz CT molecular complexity index is 701. The number of carbonyl (C=O) groups excluding carboxylic acids is 1. The zero-order valence-corrected chi connectivity index (χ0v) is 13.8. The van der Waals surface area contributed by atoms with E-state index in [0.29, 0.717) is 17.1 Å². The Morgan fingerprint density at radius 1 is 1.22 bits per heavy atom. The second-order valence-corrected chi connectivity index (χ2v) is 5.31. The molecule has 0 aliphatic rings. The van der Waals surface area contributed by atoms with E-state index in [1.165, 1.54) is 25.3 Å². The van der Waals surface area contributed by atoms with E-state index < -0.39 is 17.8 Å². The molecule has 0 unspecified atom stereocenters. The molecule has 2 aromatic rings. The fourth-order valence-electron chi connectivity index (χ4n) is 2.24. The first kappa shape index (κ1) is 17.1. The molecule has 0 radical (unpaired) electrons. The Balaban J connectivity index is 2.28. The number of hydrogen-bond acceptors (Lipinski definition) is 3. The van der Waals surface area contributed by atoms with Gasteiger partial charge in [-0.05, 0) is 37.3 Å². The molecule has 0 aromatic heterocycles. The topological polar surface area (TPSA) is 47.6 Å². The first-order valence-corrected chi connectivity index (χ1v) is 7.32. The molecule has 4 nitrogen and oxygen atoms in total. The monoisotopic (exact) mass is 337 g/mol. The molecule has 1 N–H and O–H groups in total. The predicted molar refractivity (Wildman–Crippen MR) is 86.8 cm³/mol. The highest BCUT2D eigenvalue weighted by atomic mass is 35.5. The maximum atomic E-state index is 13.8. The van der Waals surface area contributed by atoms with Crippen molar-refractivity contribution in [1.82, 2.24) is 5.32 Å². The van der Waals surface area contributed by atoms with Crippen LogP contribution in [0.3, 0.4) is 0 Å². The van der Waals surface area contributed by atoms with Gasteiger partial charge in [-0.3, -0.25) is 4.79 Å². The number of amides is 1. The number of methoxy groups -OCH3 is 2. The molecule has 0 heterocycles. The highest BCUT2D eigenvalue weighted by Crippen LogP contribution is 2.30. The van der Waals surface area contributed by atoms with Gasteiger partial charge in [0.2, 0.25) is 0 Å². The molecule has 0 saturated carbocycles. The molecule has 2 aromatic carbocycles. The third-order valence-corrected chi connectivity index (χ3v) is 3.76. The van der Waals surface area contributed by atoms with Crippen LogP contribution < -0.4 is 14.8 Å². The van der Waals surface area contributed by atoms with Gasteiger partial charge in [0.1, 0.15) is 17.3 Å². The summed E-state index contributed by atoms with van der Waals surface area (Å²) in [5.41, 5.74) is 0.538. The van der Waals surface area contributed by atoms with Gasteiger partial charge >= 0.3 is 0 Å². The van der Waals surface area contributed by atoms with Crippen LogP contribution in [0.25, 0.3) is 0 Å². The molecule has 0 saturated heterocycles. The van der Waals surface area contributed by atoms with Crippen molar-refractivity contribution in [1.29, 1.82) is 0 Å². The fourth-order valence-corrected chi connectivity index (χ4v) is 2.49. The summed E-state index contributed by atoms with van der Waals surface area (Å²) in [6, 6.07) is 8.93. The highest BCUT2D eigenvalue weighted by Gasteiger charge is 2.20. The van der Waals surface area contributed by atoms with Crippen molar-refractivity contribution < 1.29 is 18.7 Å². The van der Waals surface area contributed by atoms with Gasteiger partial charge in [-0.2, -0.15) is 0 Å². The minimum absolute atomic E-state index is 0.0623. The lowest BCUT2D eigenvalue weighted by atomic mass is 10.1. The molecule has 0 spiro atoms. The van der Waals surface area contributed by atoms with E-state index in [0.717, 1.165) is 0 Å². The predicted octanol–water partition coefficient (Wildman–Crippen LogP) is 3.99. The van der Waals surface area contributed by atoms with Gasteiger partial charge in [0.15, 0.2) is 0 Å². The summed E-state index contributed by atoms with van der Waals surface area (Å²) in [4.78, 5) is 12.3. The third-order valence-electron chi connectivity index (χ3n) is 3.44. The molecule has 0 fully saturated rings. The molecule has 23 heavy (non-hydrogen) atoms. The number of benzene rings is 2. The zero-order valence-electron chi connectivity index (χ0n) is 13.0. The van der Waals surface area contributed by atoms with Crippen molar-refractivity contribution in [3.63, 3.8) is 0 Å². The number of nitrogens with one attached hydrogen (secondary N) is 1. The third kappa shape index (κ3) is 3.74. The fraction of sp³-hybridized carbons (Fsp3) is 0.235. The zero-order chi connectivity index (χ0) is 17.0. The summed E-state index contributed by atoms with van der Waals surface area (Å²) in [6.45, 7) is 1.77. The van der Waals surface area contributed by atoms with Crippen LogP contribution >= 0.6 is 11.6 Å². The Morgan fingerprint density at radius 2 is 1.96 bits per heavy atom. The molecule has 1 atom stereocenters. The normalized spacial score (nSPS) is 11.7. The van der Waals surface area contributed by atoms with Gasteiger partial charge in [-0.1, -0.05) is 17.7 Å². The van der Waals surface area contributed by atoms with Crippen LogP contribution in [0.1, 0.15) is 28.9 Å². The van der Waals surface area contributed by atoms with Crippen LogP contribution in [0.5, 0.6) is 11.5 Å². The van der Waals surface area contributed by atoms with Gasteiger partial charge in [0.25, 0.3) is 5.91 Å². The Morgan fingerprint density at radius 3 is 2.57 bits per heavy atom. The van der Waals surface area contributed by atoms with E-state index in [4.69, 9.17) is 21.1 Å².